The maximum atomic E-state index is 10.9. The number of aliphatic hydroxyl groups is 1. The van der Waals surface area contributed by atoms with Gasteiger partial charge in [-0.3, -0.25) is 4.79 Å². The number of carbonyl (C=O) groups is 1. The summed E-state index contributed by atoms with van der Waals surface area (Å²) in [4.78, 5) is 10.9. The van der Waals surface area contributed by atoms with Crippen molar-refractivity contribution in [3.63, 3.8) is 0 Å². The smallest absolute Gasteiger partial charge is 0.152 e. The van der Waals surface area contributed by atoms with Crippen LogP contribution in [0.3, 0.4) is 0 Å². The predicted molar refractivity (Wildman–Crippen MR) is 61.5 cm³/mol. The molecule has 2 atom stereocenters. The van der Waals surface area contributed by atoms with Gasteiger partial charge in [0.05, 0.1) is 6.10 Å². The van der Waals surface area contributed by atoms with E-state index in [0.717, 1.165) is 18.4 Å². The van der Waals surface area contributed by atoms with E-state index in [2.05, 4.69) is 20.4 Å². The van der Waals surface area contributed by atoms with Crippen molar-refractivity contribution < 1.29 is 9.90 Å². The quantitative estimate of drug-likeness (QED) is 0.559. The Labute approximate surface area is 91.7 Å². The monoisotopic (exact) mass is 208 g/mol. The topological polar surface area (TPSA) is 37.3 Å². The van der Waals surface area contributed by atoms with Crippen LogP contribution < -0.4 is 0 Å². The van der Waals surface area contributed by atoms with Gasteiger partial charge in [-0.25, -0.2) is 0 Å². The van der Waals surface area contributed by atoms with Crippen molar-refractivity contribution in [1.29, 1.82) is 0 Å². The summed E-state index contributed by atoms with van der Waals surface area (Å²) in [5.74, 6) is 0.142. The van der Waals surface area contributed by atoms with Crippen molar-refractivity contribution in [2.24, 2.45) is 11.3 Å². The van der Waals surface area contributed by atoms with E-state index in [9.17, 15) is 9.90 Å². The van der Waals surface area contributed by atoms with E-state index in [-0.39, 0.29) is 17.1 Å². The van der Waals surface area contributed by atoms with Crippen molar-refractivity contribution in [1.82, 2.24) is 0 Å². The molecule has 0 aromatic carbocycles. The summed E-state index contributed by atoms with van der Waals surface area (Å²) < 4.78 is 0. The van der Waals surface area contributed by atoms with Crippen molar-refractivity contribution in [2.75, 3.05) is 0 Å². The number of hydrogen-bond donors (Lipinski definition) is 1. The van der Waals surface area contributed by atoms with Crippen LogP contribution in [0, 0.1) is 11.3 Å². The lowest BCUT2D eigenvalue weighted by atomic mass is 9.65. The van der Waals surface area contributed by atoms with Crippen LogP contribution in [-0.2, 0) is 4.79 Å². The van der Waals surface area contributed by atoms with Crippen LogP contribution in [0.25, 0.3) is 0 Å². The molecule has 0 bridgehead atoms. The Morgan fingerprint density at radius 2 is 2.20 bits per heavy atom. The second-order valence-electron chi connectivity index (χ2n) is 5.07. The van der Waals surface area contributed by atoms with Crippen LogP contribution in [0.5, 0.6) is 0 Å². The minimum absolute atomic E-state index is 0.0404. The number of carbonyl (C=O) groups excluding carboxylic acids is 1. The van der Waals surface area contributed by atoms with Crippen molar-refractivity contribution >= 4 is 5.78 Å². The molecule has 0 saturated heterocycles. The Morgan fingerprint density at radius 1 is 1.60 bits per heavy atom. The lowest BCUT2D eigenvalue weighted by molar-refractivity contribution is -0.112. The molecular formula is C13H20O2. The first kappa shape index (κ1) is 12.2. The lowest BCUT2D eigenvalue weighted by Gasteiger charge is -2.41. The Bertz CT molecular complexity index is 300. The van der Waals surface area contributed by atoms with Crippen molar-refractivity contribution in [2.45, 2.75) is 39.7 Å². The predicted octanol–water partition coefficient (Wildman–Crippen LogP) is 2.48. The molecule has 2 heteroatoms. The second-order valence-corrected chi connectivity index (χ2v) is 5.07. The highest BCUT2D eigenvalue weighted by molar-refractivity contribution is 5.87. The maximum absolute atomic E-state index is 10.9. The molecule has 1 rings (SSSR count). The summed E-state index contributed by atoms with van der Waals surface area (Å²) in [6.07, 6.45) is 4.78. The Kier molecular flexibility index (Phi) is 3.50. The molecule has 0 aromatic heterocycles. The summed E-state index contributed by atoms with van der Waals surface area (Å²) in [7, 11) is 0. The van der Waals surface area contributed by atoms with Gasteiger partial charge in [-0.05, 0) is 36.8 Å². The van der Waals surface area contributed by atoms with E-state index >= 15 is 0 Å². The van der Waals surface area contributed by atoms with E-state index < -0.39 is 6.10 Å². The van der Waals surface area contributed by atoms with Gasteiger partial charge < -0.3 is 5.11 Å². The number of rotatable bonds is 2. The first-order chi connectivity index (χ1) is 6.84. The molecular weight excluding hydrogens is 188 g/mol. The number of allylic oxidation sites excluding steroid dienone is 2. The molecule has 0 unspecified atom stereocenters. The van der Waals surface area contributed by atoms with Gasteiger partial charge in [-0.2, -0.15) is 0 Å². The molecule has 84 valence electrons. The third-order valence-corrected chi connectivity index (χ3v) is 3.25. The van der Waals surface area contributed by atoms with Gasteiger partial charge in [0, 0.05) is 5.92 Å². The third kappa shape index (κ3) is 2.78. The summed E-state index contributed by atoms with van der Waals surface area (Å²) in [5, 5.41) is 9.73. The molecule has 1 saturated carbocycles. The van der Waals surface area contributed by atoms with Gasteiger partial charge in [0.1, 0.15) is 0 Å². The average Bonchev–Trinajstić information content (AvgIpc) is 2.11. The lowest BCUT2D eigenvalue weighted by Crippen LogP contribution is -2.35. The summed E-state index contributed by atoms with van der Waals surface area (Å²) in [6, 6.07) is 0. The molecule has 2 nitrogen and oxygen atoms in total. The molecule has 1 aliphatic carbocycles. The Hall–Kier alpha value is -0.890. The Morgan fingerprint density at radius 3 is 2.73 bits per heavy atom. The van der Waals surface area contributed by atoms with Gasteiger partial charge in [0.15, 0.2) is 5.78 Å². The average molecular weight is 208 g/mol. The summed E-state index contributed by atoms with van der Waals surface area (Å²) >= 11 is 0. The normalized spacial score (nSPS) is 30.8. The van der Waals surface area contributed by atoms with Crippen molar-refractivity contribution in [3.05, 3.63) is 24.3 Å². The maximum Gasteiger partial charge on any atom is 0.152 e. The molecule has 0 aromatic rings. The zero-order chi connectivity index (χ0) is 11.6. The van der Waals surface area contributed by atoms with Crippen molar-refractivity contribution in [3.8, 4) is 0 Å². The summed E-state index contributed by atoms with van der Waals surface area (Å²) in [6.45, 7) is 9.77. The van der Waals surface area contributed by atoms with Crippen LogP contribution in [0.15, 0.2) is 24.3 Å². The minimum Gasteiger partial charge on any atom is -0.389 e. The highest BCUT2D eigenvalue weighted by Gasteiger charge is 2.36. The first-order valence-electron chi connectivity index (χ1n) is 5.40. The van der Waals surface area contributed by atoms with Crippen LogP contribution in [0.1, 0.15) is 33.6 Å². The van der Waals surface area contributed by atoms with E-state index in [0.29, 0.717) is 0 Å². The number of ketones is 1. The van der Waals surface area contributed by atoms with E-state index in [1.807, 2.05) is 6.08 Å². The third-order valence-electron chi connectivity index (χ3n) is 3.25. The molecule has 1 N–H and O–H groups in total. The van der Waals surface area contributed by atoms with Crippen LogP contribution in [0.4, 0.5) is 0 Å². The van der Waals surface area contributed by atoms with E-state index in [1.165, 1.54) is 6.92 Å². The molecule has 0 amide bonds. The SMILES string of the molecule is C=C1[C@@H](/C=C/C(C)=O)C(C)(C)CC[C@@H]1O. The van der Waals surface area contributed by atoms with E-state index in [4.69, 9.17) is 0 Å². The van der Waals surface area contributed by atoms with Crippen LogP contribution in [-0.4, -0.2) is 17.0 Å². The Balaban J connectivity index is 2.88. The zero-order valence-electron chi connectivity index (χ0n) is 9.79. The minimum atomic E-state index is -0.417. The van der Waals surface area contributed by atoms with Crippen LogP contribution >= 0.6 is 0 Å². The highest BCUT2D eigenvalue weighted by Crippen LogP contribution is 2.43. The molecule has 1 aliphatic rings. The largest absolute Gasteiger partial charge is 0.389 e. The van der Waals surface area contributed by atoms with Gasteiger partial charge >= 0.3 is 0 Å². The fourth-order valence-corrected chi connectivity index (χ4v) is 2.17. The first-order valence-corrected chi connectivity index (χ1v) is 5.40. The van der Waals surface area contributed by atoms with E-state index in [1.54, 1.807) is 6.08 Å². The molecule has 0 aliphatic heterocycles. The van der Waals surface area contributed by atoms with Gasteiger partial charge in [-0.15, -0.1) is 0 Å². The fraction of sp³-hybridized carbons (Fsp3) is 0.615. The standard InChI is InChI=1S/C13H20O2/c1-9(14)5-6-11-10(2)12(15)7-8-13(11,3)4/h5-6,11-12,15H,2,7-8H2,1,3-4H3/b6-5+/t11-,12+/m1/s1. The summed E-state index contributed by atoms with van der Waals surface area (Å²) in [5.41, 5.74) is 0.922. The van der Waals surface area contributed by atoms with Crippen LogP contribution in [0.2, 0.25) is 0 Å². The molecule has 0 radical (unpaired) electrons. The van der Waals surface area contributed by atoms with Gasteiger partial charge in [0.2, 0.25) is 0 Å². The van der Waals surface area contributed by atoms with Gasteiger partial charge in [-0.1, -0.05) is 26.5 Å². The number of aliphatic hydroxyl groups excluding tert-OH is 1. The second kappa shape index (κ2) is 4.31. The highest BCUT2D eigenvalue weighted by atomic mass is 16.3. The zero-order valence-corrected chi connectivity index (χ0v) is 9.79. The molecule has 0 spiro atoms. The molecule has 0 heterocycles. The molecule has 1 fully saturated rings. The van der Waals surface area contributed by atoms with Gasteiger partial charge in [0.25, 0.3) is 0 Å². The fourth-order valence-electron chi connectivity index (χ4n) is 2.17. The molecule has 15 heavy (non-hydrogen) atoms. The number of hydrogen-bond acceptors (Lipinski definition) is 2.